The number of rotatable bonds is 5. The first-order chi connectivity index (χ1) is 10.2. The third-order valence-electron chi connectivity index (χ3n) is 4.17. The van der Waals surface area contributed by atoms with Crippen LogP contribution in [0.15, 0.2) is 24.4 Å². The van der Waals surface area contributed by atoms with Crippen molar-refractivity contribution >= 4 is 0 Å². The molecule has 1 unspecified atom stereocenters. The Morgan fingerprint density at radius 2 is 2.29 bits per heavy atom. The maximum Gasteiger partial charge on any atom is 0.122 e. The number of hydrogen-bond donors (Lipinski definition) is 1. The highest BCUT2D eigenvalue weighted by molar-refractivity contribution is 5.40. The van der Waals surface area contributed by atoms with Crippen LogP contribution in [0.25, 0.3) is 0 Å². The van der Waals surface area contributed by atoms with Crippen molar-refractivity contribution in [3.8, 4) is 5.75 Å². The minimum atomic E-state index is 0.0538. The van der Waals surface area contributed by atoms with E-state index in [0.717, 1.165) is 43.7 Å². The highest BCUT2D eigenvalue weighted by Gasteiger charge is 2.15. The van der Waals surface area contributed by atoms with Crippen LogP contribution in [0.1, 0.15) is 41.8 Å². The third kappa shape index (κ3) is 2.95. The normalized spacial score (nSPS) is 14.8. The second-order valence-electron chi connectivity index (χ2n) is 5.74. The van der Waals surface area contributed by atoms with Gasteiger partial charge in [-0.05, 0) is 36.5 Å². The summed E-state index contributed by atoms with van der Waals surface area (Å²) in [5.74, 6) is 1.04. The zero-order valence-corrected chi connectivity index (χ0v) is 12.8. The van der Waals surface area contributed by atoms with Crippen molar-refractivity contribution in [1.29, 1.82) is 0 Å². The Hall–Kier alpha value is -1.81. The van der Waals surface area contributed by atoms with Crippen LogP contribution < -0.4 is 10.5 Å². The van der Waals surface area contributed by atoms with Crippen LogP contribution in [0.2, 0.25) is 0 Å². The van der Waals surface area contributed by atoms with Gasteiger partial charge >= 0.3 is 0 Å². The van der Waals surface area contributed by atoms with Gasteiger partial charge < -0.3 is 10.5 Å². The topological polar surface area (TPSA) is 53.1 Å². The zero-order valence-electron chi connectivity index (χ0n) is 12.8. The van der Waals surface area contributed by atoms with E-state index in [9.17, 15) is 0 Å². The summed E-state index contributed by atoms with van der Waals surface area (Å²) < 4.78 is 7.41. The molecule has 4 heteroatoms. The molecule has 0 fully saturated rings. The minimum Gasteiger partial charge on any atom is -0.493 e. The molecule has 2 heterocycles. The molecule has 0 aliphatic carbocycles. The molecule has 1 aliphatic rings. The van der Waals surface area contributed by atoms with E-state index >= 15 is 0 Å². The van der Waals surface area contributed by atoms with Crippen molar-refractivity contribution in [3.63, 3.8) is 0 Å². The SMILES string of the molecule is CCc1nn(C)cc1C(N)CCc1ccc2c(c1)CCO2. The van der Waals surface area contributed by atoms with Gasteiger partial charge in [0.2, 0.25) is 0 Å². The molecule has 3 rings (SSSR count). The van der Waals surface area contributed by atoms with Crippen molar-refractivity contribution in [2.24, 2.45) is 12.8 Å². The summed E-state index contributed by atoms with van der Waals surface area (Å²) in [7, 11) is 1.95. The summed E-state index contributed by atoms with van der Waals surface area (Å²) in [6.45, 7) is 2.94. The lowest BCUT2D eigenvalue weighted by molar-refractivity contribution is 0.357. The second-order valence-corrected chi connectivity index (χ2v) is 5.74. The largest absolute Gasteiger partial charge is 0.493 e. The average molecular weight is 285 g/mol. The van der Waals surface area contributed by atoms with E-state index in [1.165, 1.54) is 16.7 Å². The van der Waals surface area contributed by atoms with Gasteiger partial charge in [0, 0.05) is 31.3 Å². The molecule has 2 N–H and O–H groups in total. The smallest absolute Gasteiger partial charge is 0.122 e. The summed E-state index contributed by atoms with van der Waals surface area (Å²) in [5.41, 5.74) is 11.3. The summed E-state index contributed by atoms with van der Waals surface area (Å²) >= 11 is 0. The number of benzene rings is 1. The molecule has 0 saturated carbocycles. The Bertz CT molecular complexity index is 633. The molecule has 1 aromatic carbocycles. The van der Waals surface area contributed by atoms with Gasteiger partial charge in [-0.1, -0.05) is 19.1 Å². The monoisotopic (exact) mass is 285 g/mol. The Kier molecular flexibility index (Phi) is 3.97. The number of aromatic nitrogens is 2. The molecule has 0 bridgehead atoms. The Morgan fingerprint density at radius 3 is 3.10 bits per heavy atom. The van der Waals surface area contributed by atoms with E-state index in [1.54, 1.807) is 0 Å². The summed E-state index contributed by atoms with van der Waals surface area (Å²) in [4.78, 5) is 0. The molecule has 112 valence electrons. The van der Waals surface area contributed by atoms with Crippen LogP contribution in [0, 0.1) is 0 Å². The molecular weight excluding hydrogens is 262 g/mol. The zero-order chi connectivity index (χ0) is 14.8. The molecule has 0 spiro atoms. The van der Waals surface area contributed by atoms with E-state index in [1.807, 2.05) is 11.7 Å². The fourth-order valence-electron chi connectivity index (χ4n) is 3.01. The summed E-state index contributed by atoms with van der Waals surface area (Å²) in [6.07, 6.45) is 5.95. The number of nitrogens with two attached hydrogens (primary N) is 1. The number of aryl methyl sites for hydroxylation is 3. The maximum atomic E-state index is 6.37. The maximum absolute atomic E-state index is 6.37. The van der Waals surface area contributed by atoms with E-state index in [2.05, 4.69) is 36.4 Å². The molecule has 0 radical (unpaired) electrons. The van der Waals surface area contributed by atoms with Crippen molar-refractivity contribution < 1.29 is 4.74 Å². The number of fused-ring (bicyclic) bond motifs is 1. The average Bonchev–Trinajstić information content (AvgIpc) is 3.09. The van der Waals surface area contributed by atoms with Crippen LogP contribution in [-0.4, -0.2) is 16.4 Å². The summed E-state index contributed by atoms with van der Waals surface area (Å²) in [5, 5.41) is 4.47. The molecular formula is C17H23N3O. The van der Waals surface area contributed by atoms with E-state index in [0.29, 0.717) is 0 Å². The highest BCUT2D eigenvalue weighted by Crippen LogP contribution is 2.27. The minimum absolute atomic E-state index is 0.0538. The van der Waals surface area contributed by atoms with Crippen molar-refractivity contribution in [3.05, 3.63) is 46.8 Å². The third-order valence-corrected chi connectivity index (χ3v) is 4.17. The van der Waals surface area contributed by atoms with Crippen molar-refractivity contribution in [1.82, 2.24) is 9.78 Å². The van der Waals surface area contributed by atoms with Crippen LogP contribution in [0.3, 0.4) is 0 Å². The molecule has 2 aromatic rings. The van der Waals surface area contributed by atoms with E-state index < -0.39 is 0 Å². The first-order valence-corrected chi connectivity index (χ1v) is 7.70. The lowest BCUT2D eigenvalue weighted by atomic mass is 9.98. The number of hydrogen-bond acceptors (Lipinski definition) is 3. The first-order valence-electron chi connectivity index (χ1n) is 7.70. The van der Waals surface area contributed by atoms with Gasteiger partial charge in [-0.3, -0.25) is 4.68 Å². The lowest BCUT2D eigenvalue weighted by Gasteiger charge is -2.12. The van der Waals surface area contributed by atoms with Gasteiger partial charge in [-0.25, -0.2) is 0 Å². The standard InChI is InChI=1S/C17H23N3O/c1-3-16-14(11-20(2)19-16)15(18)6-4-12-5-7-17-13(10-12)8-9-21-17/h5,7,10-11,15H,3-4,6,8-9,18H2,1-2H3. The molecule has 0 amide bonds. The molecule has 0 saturated heterocycles. The number of ether oxygens (including phenoxy) is 1. The predicted molar refractivity (Wildman–Crippen MR) is 83.5 cm³/mol. The van der Waals surface area contributed by atoms with Gasteiger partial charge in [0.15, 0.2) is 0 Å². The van der Waals surface area contributed by atoms with Gasteiger partial charge in [-0.15, -0.1) is 0 Å². The lowest BCUT2D eigenvalue weighted by Crippen LogP contribution is -2.12. The predicted octanol–water partition coefficient (Wildman–Crippen LogP) is 2.55. The summed E-state index contributed by atoms with van der Waals surface area (Å²) in [6, 6.07) is 6.56. The van der Waals surface area contributed by atoms with Gasteiger partial charge in [0.1, 0.15) is 5.75 Å². The fourth-order valence-corrected chi connectivity index (χ4v) is 3.01. The van der Waals surface area contributed by atoms with E-state index in [-0.39, 0.29) is 6.04 Å². The van der Waals surface area contributed by atoms with Crippen LogP contribution in [0.5, 0.6) is 5.75 Å². The van der Waals surface area contributed by atoms with Crippen LogP contribution >= 0.6 is 0 Å². The molecule has 1 atom stereocenters. The van der Waals surface area contributed by atoms with E-state index in [4.69, 9.17) is 10.5 Å². The molecule has 4 nitrogen and oxygen atoms in total. The Balaban J connectivity index is 1.66. The molecule has 1 aromatic heterocycles. The van der Waals surface area contributed by atoms with Gasteiger partial charge in [-0.2, -0.15) is 5.10 Å². The van der Waals surface area contributed by atoms with Crippen molar-refractivity contribution in [2.75, 3.05) is 6.61 Å². The quantitative estimate of drug-likeness (QED) is 0.918. The molecule has 1 aliphatic heterocycles. The van der Waals surface area contributed by atoms with Crippen LogP contribution in [-0.2, 0) is 26.3 Å². The fraction of sp³-hybridized carbons (Fsp3) is 0.471. The van der Waals surface area contributed by atoms with Gasteiger partial charge in [0.25, 0.3) is 0 Å². The van der Waals surface area contributed by atoms with Crippen molar-refractivity contribution in [2.45, 2.75) is 38.6 Å². The highest BCUT2D eigenvalue weighted by atomic mass is 16.5. The van der Waals surface area contributed by atoms with Crippen LogP contribution in [0.4, 0.5) is 0 Å². The van der Waals surface area contributed by atoms with Gasteiger partial charge in [0.05, 0.1) is 12.3 Å². The Labute approximate surface area is 125 Å². The number of nitrogens with zero attached hydrogens (tertiary/aromatic N) is 2. The Morgan fingerprint density at radius 1 is 1.43 bits per heavy atom. The molecule has 21 heavy (non-hydrogen) atoms. The first kappa shape index (κ1) is 14.1. The second kappa shape index (κ2) is 5.90.